The maximum atomic E-state index is 10.6. The molecule has 0 saturated heterocycles. The Hall–Kier alpha value is -1.49. The van der Waals surface area contributed by atoms with Gasteiger partial charge in [0.15, 0.2) is 5.69 Å². The molecule has 1 N–H and O–H groups in total. The molecule has 0 atom stereocenters. The van der Waals surface area contributed by atoms with Crippen molar-refractivity contribution in [1.82, 2.24) is 9.78 Å². The normalized spacial score (nSPS) is 9.86. The zero-order valence-electron chi connectivity index (χ0n) is 7.53. The number of nitrogens with zero attached hydrogens (tertiary/aromatic N) is 2. The van der Waals surface area contributed by atoms with Gasteiger partial charge in [0.1, 0.15) is 11.6 Å². The molecule has 14 heavy (non-hydrogen) atoms. The van der Waals surface area contributed by atoms with Gasteiger partial charge in [0.2, 0.25) is 5.88 Å². The summed E-state index contributed by atoms with van der Waals surface area (Å²) in [6.45, 7) is 3.71. The lowest BCUT2D eigenvalue weighted by Crippen LogP contribution is -2.01. The van der Waals surface area contributed by atoms with Gasteiger partial charge in [-0.1, -0.05) is 24.3 Å². The summed E-state index contributed by atoms with van der Waals surface area (Å²) in [6.07, 6.45) is 1.53. The van der Waals surface area contributed by atoms with E-state index in [4.69, 9.17) is 21.4 Å². The van der Waals surface area contributed by atoms with Crippen molar-refractivity contribution in [1.29, 1.82) is 0 Å². The first-order valence-electron chi connectivity index (χ1n) is 3.77. The highest BCUT2D eigenvalue weighted by Crippen LogP contribution is 2.27. The van der Waals surface area contributed by atoms with Crippen LogP contribution in [0.3, 0.4) is 0 Å². The molecule has 1 rings (SSSR count). The van der Waals surface area contributed by atoms with Crippen LogP contribution in [0.25, 0.3) is 0 Å². The number of aromatic carboxylic acids is 1. The lowest BCUT2D eigenvalue weighted by Gasteiger charge is -2.02. The molecule has 5 nitrogen and oxygen atoms in total. The van der Waals surface area contributed by atoms with Gasteiger partial charge < -0.3 is 9.84 Å². The second-order valence-electron chi connectivity index (χ2n) is 2.50. The standard InChI is InChI=1S/C8H9ClN2O3/c1-3-4-14-7-5(9)6(8(12)13)10-11(7)2/h3H,1,4H2,2H3,(H,12,13). The largest absolute Gasteiger partial charge is 0.476 e. The monoisotopic (exact) mass is 216 g/mol. The number of rotatable bonds is 4. The van der Waals surface area contributed by atoms with Crippen LogP contribution in [0.1, 0.15) is 10.5 Å². The number of aryl methyl sites for hydroxylation is 1. The van der Waals surface area contributed by atoms with Crippen LogP contribution < -0.4 is 4.74 Å². The van der Waals surface area contributed by atoms with Crippen LogP contribution >= 0.6 is 11.6 Å². The van der Waals surface area contributed by atoms with Crippen LogP contribution in [0.4, 0.5) is 0 Å². The number of hydrogen-bond donors (Lipinski definition) is 1. The topological polar surface area (TPSA) is 64.3 Å². The molecule has 1 aromatic heterocycles. The van der Waals surface area contributed by atoms with E-state index in [0.717, 1.165) is 0 Å². The molecule has 1 heterocycles. The molecule has 0 fully saturated rings. The number of ether oxygens (including phenoxy) is 1. The van der Waals surface area contributed by atoms with E-state index in [1.54, 1.807) is 7.05 Å². The third-order valence-corrected chi connectivity index (χ3v) is 1.82. The zero-order chi connectivity index (χ0) is 10.7. The van der Waals surface area contributed by atoms with Crippen molar-refractivity contribution in [2.24, 2.45) is 7.05 Å². The fraction of sp³-hybridized carbons (Fsp3) is 0.250. The Bertz CT molecular complexity index is 373. The highest BCUT2D eigenvalue weighted by molar-refractivity contribution is 6.34. The first-order chi connectivity index (χ1) is 6.57. The highest BCUT2D eigenvalue weighted by Gasteiger charge is 2.20. The van der Waals surface area contributed by atoms with Gasteiger partial charge in [-0.05, 0) is 0 Å². The summed E-state index contributed by atoms with van der Waals surface area (Å²) < 4.78 is 6.41. The van der Waals surface area contributed by atoms with E-state index in [2.05, 4.69) is 11.7 Å². The Morgan fingerprint density at radius 1 is 1.86 bits per heavy atom. The van der Waals surface area contributed by atoms with E-state index in [1.165, 1.54) is 10.8 Å². The van der Waals surface area contributed by atoms with Crippen molar-refractivity contribution >= 4 is 17.6 Å². The molecule has 0 saturated carbocycles. The molecule has 0 aliphatic carbocycles. The van der Waals surface area contributed by atoms with Gasteiger partial charge in [0.05, 0.1) is 0 Å². The molecule has 0 unspecified atom stereocenters. The van der Waals surface area contributed by atoms with E-state index < -0.39 is 5.97 Å². The van der Waals surface area contributed by atoms with Gasteiger partial charge in [-0.25, -0.2) is 9.48 Å². The Labute approximate surface area is 85.5 Å². The molecule has 0 radical (unpaired) electrons. The Morgan fingerprint density at radius 2 is 2.50 bits per heavy atom. The van der Waals surface area contributed by atoms with Gasteiger partial charge in [-0.15, -0.1) is 0 Å². The third kappa shape index (κ3) is 1.88. The molecule has 0 aliphatic heterocycles. The number of carbonyl (C=O) groups is 1. The average molecular weight is 217 g/mol. The summed E-state index contributed by atoms with van der Waals surface area (Å²) in [6, 6.07) is 0. The fourth-order valence-corrected chi connectivity index (χ4v) is 1.21. The van der Waals surface area contributed by atoms with Gasteiger partial charge in [0, 0.05) is 7.05 Å². The average Bonchev–Trinajstić information content (AvgIpc) is 2.40. The van der Waals surface area contributed by atoms with Crippen LogP contribution in [-0.2, 0) is 7.05 Å². The third-order valence-electron chi connectivity index (χ3n) is 1.48. The fourth-order valence-electron chi connectivity index (χ4n) is 0.914. The summed E-state index contributed by atoms with van der Waals surface area (Å²) in [5.41, 5.74) is -0.215. The minimum atomic E-state index is -1.18. The lowest BCUT2D eigenvalue weighted by molar-refractivity contribution is 0.0690. The Morgan fingerprint density at radius 3 is 2.93 bits per heavy atom. The first kappa shape index (κ1) is 10.6. The predicted molar refractivity (Wildman–Crippen MR) is 50.9 cm³/mol. The van der Waals surface area contributed by atoms with Crippen LogP contribution in [0.2, 0.25) is 5.02 Å². The van der Waals surface area contributed by atoms with Crippen molar-refractivity contribution in [2.45, 2.75) is 0 Å². The van der Waals surface area contributed by atoms with Crippen molar-refractivity contribution in [2.75, 3.05) is 6.61 Å². The van der Waals surface area contributed by atoms with Crippen molar-refractivity contribution in [3.63, 3.8) is 0 Å². The second kappa shape index (κ2) is 4.15. The highest BCUT2D eigenvalue weighted by atomic mass is 35.5. The molecule has 0 bridgehead atoms. The van der Waals surface area contributed by atoms with Crippen molar-refractivity contribution < 1.29 is 14.6 Å². The van der Waals surface area contributed by atoms with E-state index in [9.17, 15) is 4.79 Å². The van der Waals surface area contributed by atoms with E-state index in [0.29, 0.717) is 0 Å². The zero-order valence-corrected chi connectivity index (χ0v) is 8.28. The van der Waals surface area contributed by atoms with Gasteiger partial charge in [0.25, 0.3) is 0 Å². The quantitative estimate of drug-likeness (QED) is 0.772. The molecule has 6 heteroatoms. The number of aromatic nitrogens is 2. The Balaban J connectivity index is 3.04. The maximum absolute atomic E-state index is 10.6. The maximum Gasteiger partial charge on any atom is 0.358 e. The minimum absolute atomic E-state index is 0.00171. The van der Waals surface area contributed by atoms with Crippen LogP contribution in [-0.4, -0.2) is 27.5 Å². The molecule has 0 spiro atoms. The SMILES string of the molecule is C=CCOc1c(Cl)c(C(=O)O)nn1C. The van der Waals surface area contributed by atoms with Crippen molar-refractivity contribution in [3.8, 4) is 5.88 Å². The van der Waals surface area contributed by atoms with E-state index >= 15 is 0 Å². The van der Waals surface area contributed by atoms with Crippen LogP contribution in [0, 0.1) is 0 Å². The molecule has 0 amide bonds. The Kier molecular flexibility index (Phi) is 3.14. The molecule has 0 aromatic carbocycles. The van der Waals surface area contributed by atoms with Gasteiger partial charge in [-0.2, -0.15) is 5.10 Å². The number of hydrogen-bond acceptors (Lipinski definition) is 3. The lowest BCUT2D eigenvalue weighted by atomic mass is 10.4. The minimum Gasteiger partial charge on any atom is -0.476 e. The summed E-state index contributed by atoms with van der Waals surface area (Å²) in [5, 5.41) is 12.4. The predicted octanol–water partition coefficient (Wildman–Crippen LogP) is 1.34. The van der Waals surface area contributed by atoms with Crippen LogP contribution in [0.15, 0.2) is 12.7 Å². The van der Waals surface area contributed by atoms with Gasteiger partial charge in [-0.3, -0.25) is 0 Å². The molecule has 76 valence electrons. The molecular formula is C8H9ClN2O3. The van der Waals surface area contributed by atoms with Crippen LogP contribution in [0.5, 0.6) is 5.88 Å². The molecular weight excluding hydrogens is 208 g/mol. The first-order valence-corrected chi connectivity index (χ1v) is 4.15. The van der Waals surface area contributed by atoms with E-state index in [1.807, 2.05) is 0 Å². The molecule has 1 aromatic rings. The second-order valence-corrected chi connectivity index (χ2v) is 2.87. The summed E-state index contributed by atoms with van der Waals surface area (Å²) in [5.74, 6) is -0.956. The van der Waals surface area contributed by atoms with Gasteiger partial charge >= 0.3 is 5.97 Å². The van der Waals surface area contributed by atoms with Crippen molar-refractivity contribution in [3.05, 3.63) is 23.4 Å². The summed E-state index contributed by atoms with van der Waals surface area (Å²) >= 11 is 5.74. The number of carboxylic acids is 1. The number of halogens is 1. The van der Waals surface area contributed by atoms with E-state index in [-0.39, 0.29) is 23.2 Å². The number of carboxylic acid groups (broad SMARTS) is 1. The summed E-state index contributed by atoms with van der Waals surface area (Å²) in [7, 11) is 1.55. The smallest absolute Gasteiger partial charge is 0.358 e. The molecule has 0 aliphatic rings. The summed E-state index contributed by atoms with van der Waals surface area (Å²) in [4.78, 5) is 10.6.